The van der Waals surface area contributed by atoms with E-state index in [0.717, 1.165) is 23.8 Å². The molecule has 3 aromatic rings. The van der Waals surface area contributed by atoms with Crippen molar-refractivity contribution >= 4 is 29.4 Å². The van der Waals surface area contributed by atoms with E-state index in [0.29, 0.717) is 5.69 Å². The lowest BCUT2D eigenvalue weighted by molar-refractivity contribution is -0.111. The van der Waals surface area contributed by atoms with E-state index < -0.39 is 23.1 Å². The van der Waals surface area contributed by atoms with Crippen LogP contribution in [0, 0.1) is 23.0 Å². The Balaban J connectivity index is 1.75. The second kappa shape index (κ2) is 7.76. The van der Waals surface area contributed by atoms with E-state index in [1.54, 1.807) is 24.5 Å². The topological polar surface area (TPSA) is 94.5 Å². The summed E-state index contributed by atoms with van der Waals surface area (Å²) in [6, 6.07) is 6.77. The van der Waals surface area contributed by atoms with Gasteiger partial charge in [0, 0.05) is 24.0 Å². The van der Waals surface area contributed by atoms with E-state index in [-0.39, 0.29) is 16.4 Å². The number of hydrogen-bond acceptors (Lipinski definition) is 4. The minimum Gasteiger partial charge on any atom is -0.304 e. The molecule has 2 aromatic heterocycles. The van der Waals surface area contributed by atoms with E-state index >= 15 is 0 Å². The van der Waals surface area contributed by atoms with Crippen LogP contribution in [-0.4, -0.2) is 21.1 Å². The van der Waals surface area contributed by atoms with Gasteiger partial charge in [0.1, 0.15) is 28.3 Å². The number of carbonyl (C=O) groups excluding carboxylic acids is 1. The number of pyridine rings is 1. The van der Waals surface area contributed by atoms with Gasteiger partial charge in [-0.05, 0) is 35.9 Å². The van der Waals surface area contributed by atoms with Crippen LogP contribution >= 0.6 is 11.6 Å². The molecule has 3 rings (SSSR count). The summed E-state index contributed by atoms with van der Waals surface area (Å²) in [5, 5.41) is 18.0. The average molecular weight is 386 g/mol. The van der Waals surface area contributed by atoms with Gasteiger partial charge in [0.25, 0.3) is 0 Å². The summed E-state index contributed by atoms with van der Waals surface area (Å²) in [5.41, 5.74) is 0.657. The largest absolute Gasteiger partial charge is 0.304 e. The highest BCUT2D eigenvalue weighted by molar-refractivity contribution is 6.36. The molecule has 0 saturated heterocycles. The van der Waals surface area contributed by atoms with E-state index in [1.165, 1.54) is 12.1 Å². The van der Waals surface area contributed by atoms with Crippen LogP contribution in [-0.2, 0) is 4.79 Å². The first-order valence-electron chi connectivity index (χ1n) is 7.52. The molecule has 0 saturated carbocycles. The second-order valence-electron chi connectivity index (χ2n) is 5.29. The lowest BCUT2D eigenvalue weighted by Gasteiger charge is -2.00. The standard InChI is InChI=1S/C18H10ClF2N5O/c19-16-17(11-3-5-23-6-4-11)25-26-18(16)24-15(27)2-1-10-7-13(20)12(9-22)14(21)8-10/h1-8H,(H2,24,25,26,27). The van der Waals surface area contributed by atoms with E-state index in [4.69, 9.17) is 16.9 Å². The van der Waals surface area contributed by atoms with Gasteiger partial charge in [-0.2, -0.15) is 10.4 Å². The van der Waals surface area contributed by atoms with Gasteiger partial charge < -0.3 is 5.32 Å². The fourth-order valence-electron chi connectivity index (χ4n) is 2.25. The monoisotopic (exact) mass is 385 g/mol. The number of anilines is 1. The molecule has 0 unspecified atom stereocenters. The van der Waals surface area contributed by atoms with Crippen LogP contribution in [0.15, 0.2) is 42.7 Å². The van der Waals surface area contributed by atoms with Crippen molar-refractivity contribution in [2.75, 3.05) is 5.32 Å². The molecule has 9 heteroatoms. The van der Waals surface area contributed by atoms with Crippen LogP contribution in [0.25, 0.3) is 17.3 Å². The van der Waals surface area contributed by atoms with Gasteiger partial charge in [0.15, 0.2) is 5.82 Å². The predicted molar refractivity (Wildman–Crippen MR) is 95.6 cm³/mol. The minimum absolute atomic E-state index is 0.0877. The Morgan fingerprint density at radius 2 is 1.93 bits per heavy atom. The van der Waals surface area contributed by atoms with E-state index in [2.05, 4.69) is 20.5 Å². The fourth-order valence-corrected chi connectivity index (χ4v) is 2.49. The van der Waals surface area contributed by atoms with Crippen LogP contribution in [0.3, 0.4) is 0 Å². The Hall–Kier alpha value is -3.57. The molecule has 1 amide bonds. The molecular formula is C18H10ClF2N5O. The third-order valence-corrected chi connectivity index (χ3v) is 3.89. The van der Waals surface area contributed by atoms with Crippen LogP contribution in [0.1, 0.15) is 11.1 Å². The minimum atomic E-state index is -1.00. The Morgan fingerprint density at radius 3 is 2.56 bits per heavy atom. The van der Waals surface area contributed by atoms with Crippen molar-refractivity contribution in [2.45, 2.75) is 0 Å². The number of aromatic amines is 1. The van der Waals surface area contributed by atoms with Crippen LogP contribution in [0.2, 0.25) is 5.02 Å². The summed E-state index contributed by atoms with van der Waals surface area (Å²) in [6.07, 6.45) is 5.44. The first kappa shape index (κ1) is 18.2. The Morgan fingerprint density at radius 1 is 1.26 bits per heavy atom. The molecule has 134 valence electrons. The lowest BCUT2D eigenvalue weighted by atomic mass is 10.1. The van der Waals surface area contributed by atoms with Crippen LogP contribution < -0.4 is 5.32 Å². The number of amides is 1. The number of aromatic nitrogens is 3. The van der Waals surface area contributed by atoms with Gasteiger partial charge in [0.05, 0.1) is 5.69 Å². The zero-order chi connectivity index (χ0) is 19.4. The van der Waals surface area contributed by atoms with Gasteiger partial charge in [0.2, 0.25) is 5.91 Å². The summed E-state index contributed by atoms with van der Waals surface area (Å²) >= 11 is 6.21. The fraction of sp³-hybridized carbons (Fsp3) is 0. The highest BCUT2D eigenvalue weighted by atomic mass is 35.5. The van der Waals surface area contributed by atoms with Crippen molar-refractivity contribution in [2.24, 2.45) is 0 Å². The molecule has 2 N–H and O–H groups in total. The van der Waals surface area contributed by atoms with Gasteiger partial charge in [-0.3, -0.25) is 14.9 Å². The summed E-state index contributed by atoms with van der Waals surface area (Å²) in [7, 11) is 0. The zero-order valence-corrected chi connectivity index (χ0v) is 14.3. The second-order valence-corrected chi connectivity index (χ2v) is 5.67. The summed E-state index contributed by atoms with van der Waals surface area (Å²) < 4.78 is 27.1. The molecule has 0 atom stereocenters. The Kier molecular flexibility index (Phi) is 5.24. The summed E-state index contributed by atoms with van der Waals surface area (Å²) in [6.45, 7) is 0. The van der Waals surface area contributed by atoms with Crippen molar-refractivity contribution in [1.29, 1.82) is 5.26 Å². The third kappa shape index (κ3) is 3.99. The summed E-state index contributed by atoms with van der Waals surface area (Å²) in [4.78, 5) is 15.9. The van der Waals surface area contributed by atoms with Gasteiger partial charge in [-0.1, -0.05) is 11.6 Å². The molecule has 0 spiro atoms. The predicted octanol–water partition coefficient (Wildman–Crippen LogP) is 3.93. The van der Waals surface area contributed by atoms with E-state index in [9.17, 15) is 13.6 Å². The Labute approximate surface area is 157 Å². The number of rotatable bonds is 4. The van der Waals surface area contributed by atoms with E-state index in [1.807, 2.05) is 0 Å². The first-order valence-corrected chi connectivity index (χ1v) is 7.90. The molecule has 0 fully saturated rings. The van der Waals surface area contributed by atoms with Crippen molar-refractivity contribution in [1.82, 2.24) is 15.2 Å². The zero-order valence-electron chi connectivity index (χ0n) is 13.5. The number of nitrogens with zero attached hydrogens (tertiary/aromatic N) is 3. The highest BCUT2D eigenvalue weighted by Crippen LogP contribution is 2.31. The molecule has 27 heavy (non-hydrogen) atoms. The first-order chi connectivity index (χ1) is 13.0. The maximum atomic E-state index is 13.6. The van der Waals surface area contributed by atoms with Crippen molar-refractivity contribution in [3.05, 3.63) is 70.5 Å². The number of H-pyrrole nitrogens is 1. The number of nitriles is 1. The van der Waals surface area contributed by atoms with Crippen molar-refractivity contribution in [3.8, 4) is 17.3 Å². The van der Waals surface area contributed by atoms with Crippen molar-refractivity contribution in [3.63, 3.8) is 0 Å². The maximum Gasteiger partial charge on any atom is 0.249 e. The normalized spacial score (nSPS) is 10.7. The number of carbonyl (C=O) groups is 1. The lowest BCUT2D eigenvalue weighted by Crippen LogP contribution is -2.08. The Bertz CT molecular complexity index is 1050. The van der Waals surface area contributed by atoms with Gasteiger partial charge >= 0.3 is 0 Å². The van der Waals surface area contributed by atoms with Crippen LogP contribution in [0.4, 0.5) is 14.6 Å². The molecular weight excluding hydrogens is 376 g/mol. The number of hydrogen-bond donors (Lipinski definition) is 2. The highest BCUT2D eigenvalue weighted by Gasteiger charge is 2.14. The quantitative estimate of drug-likeness (QED) is 0.665. The van der Waals surface area contributed by atoms with Crippen LogP contribution in [0.5, 0.6) is 0 Å². The van der Waals surface area contributed by atoms with Gasteiger partial charge in [-0.25, -0.2) is 8.78 Å². The molecule has 2 heterocycles. The molecule has 0 aliphatic rings. The molecule has 6 nitrogen and oxygen atoms in total. The smallest absolute Gasteiger partial charge is 0.249 e. The summed E-state index contributed by atoms with van der Waals surface area (Å²) in [5.74, 6) is -2.50. The maximum absolute atomic E-state index is 13.6. The number of halogens is 3. The third-order valence-electron chi connectivity index (χ3n) is 3.52. The SMILES string of the molecule is N#Cc1c(F)cc(C=CC(=O)Nc2n[nH]c(-c3ccncc3)c2Cl)cc1F. The number of benzene rings is 1. The average Bonchev–Trinajstić information content (AvgIpc) is 3.01. The molecule has 1 aromatic carbocycles. The number of nitrogens with one attached hydrogen (secondary N) is 2. The molecule has 0 aliphatic heterocycles. The van der Waals surface area contributed by atoms with Gasteiger partial charge in [-0.15, -0.1) is 0 Å². The molecule has 0 aliphatic carbocycles. The van der Waals surface area contributed by atoms with Crippen molar-refractivity contribution < 1.29 is 13.6 Å². The molecule has 0 bridgehead atoms. The molecule has 0 radical (unpaired) electrons.